The number of rotatable bonds is 6. The molecule has 0 atom stereocenters. The summed E-state index contributed by atoms with van der Waals surface area (Å²) >= 11 is 5.84. The maximum Gasteiger partial charge on any atom is 0.282 e. The zero-order valence-electron chi connectivity index (χ0n) is 14.1. The third kappa shape index (κ3) is 4.24. The van der Waals surface area contributed by atoms with E-state index in [0.717, 1.165) is 5.56 Å². The van der Waals surface area contributed by atoms with Crippen LogP contribution < -0.4 is 10.1 Å². The predicted octanol–water partition coefficient (Wildman–Crippen LogP) is 3.84. The number of carbonyl (C=O) groups excluding carboxylic acids is 1. The van der Waals surface area contributed by atoms with Crippen molar-refractivity contribution in [2.45, 2.75) is 6.54 Å². The molecule has 27 heavy (non-hydrogen) atoms. The van der Waals surface area contributed by atoms with E-state index in [0.29, 0.717) is 17.2 Å². The lowest BCUT2D eigenvalue weighted by molar-refractivity contribution is -0.385. The summed E-state index contributed by atoms with van der Waals surface area (Å²) in [7, 11) is 1.56. The summed E-state index contributed by atoms with van der Waals surface area (Å²) in [5.41, 5.74) is 0.786. The van der Waals surface area contributed by atoms with Gasteiger partial charge in [-0.25, -0.2) is 0 Å². The summed E-state index contributed by atoms with van der Waals surface area (Å²) in [6.45, 7) is 0.0377. The van der Waals surface area contributed by atoms with Gasteiger partial charge in [0.2, 0.25) is 0 Å². The lowest BCUT2D eigenvalue weighted by Gasteiger charge is -2.04. The molecule has 1 heterocycles. The number of aromatic nitrogens is 1. The molecule has 1 N–H and O–H groups in total. The van der Waals surface area contributed by atoms with Crippen LogP contribution in [-0.2, 0) is 6.54 Å². The Labute approximate surface area is 158 Å². The van der Waals surface area contributed by atoms with E-state index in [1.807, 2.05) is 12.1 Å². The number of hydrogen-bond donors (Lipinski definition) is 1. The minimum Gasteiger partial charge on any atom is -0.497 e. The number of methoxy groups -OCH3 is 1. The molecule has 8 nitrogen and oxygen atoms in total. The highest BCUT2D eigenvalue weighted by atomic mass is 35.5. The molecule has 138 valence electrons. The summed E-state index contributed by atoms with van der Waals surface area (Å²) in [5.74, 6) is 0.550. The Morgan fingerprint density at radius 2 is 2.11 bits per heavy atom. The Morgan fingerprint density at radius 1 is 1.30 bits per heavy atom. The molecule has 0 radical (unpaired) electrons. The van der Waals surface area contributed by atoms with Crippen LogP contribution >= 0.6 is 11.6 Å². The van der Waals surface area contributed by atoms with Crippen LogP contribution in [0.15, 0.2) is 53.1 Å². The van der Waals surface area contributed by atoms with Crippen molar-refractivity contribution in [3.8, 4) is 17.1 Å². The van der Waals surface area contributed by atoms with E-state index in [1.54, 1.807) is 25.3 Å². The van der Waals surface area contributed by atoms with Crippen molar-refractivity contribution in [2.24, 2.45) is 0 Å². The van der Waals surface area contributed by atoms with Crippen molar-refractivity contribution in [1.82, 2.24) is 10.5 Å². The quantitative estimate of drug-likeness (QED) is 0.508. The molecule has 0 bridgehead atoms. The number of nitrogens with zero attached hydrogens (tertiary/aromatic N) is 2. The Bertz CT molecular complexity index is 1000. The number of hydrogen-bond acceptors (Lipinski definition) is 6. The SMILES string of the molecule is COc1cccc(-c2cc(CNC(=O)c3cc(Cl)ccc3[N+](=O)[O-])no2)c1. The molecule has 1 amide bonds. The van der Waals surface area contributed by atoms with Gasteiger partial charge in [0.05, 0.1) is 18.6 Å². The third-order valence-corrected chi connectivity index (χ3v) is 3.98. The average Bonchev–Trinajstić information content (AvgIpc) is 3.15. The first-order valence-corrected chi connectivity index (χ1v) is 8.18. The molecule has 3 aromatic rings. The Balaban J connectivity index is 1.73. The number of nitro benzene ring substituents is 1. The topological polar surface area (TPSA) is 108 Å². The normalized spacial score (nSPS) is 10.4. The van der Waals surface area contributed by atoms with Gasteiger partial charge in [-0.15, -0.1) is 0 Å². The fourth-order valence-corrected chi connectivity index (χ4v) is 2.60. The van der Waals surface area contributed by atoms with E-state index < -0.39 is 10.8 Å². The average molecular weight is 388 g/mol. The summed E-state index contributed by atoms with van der Waals surface area (Å²) in [5, 5.41) is 17.8. The predicted molar refractivity (Wildman–Crippen MR) is 97.8 cm³/mol. The molecule has 0 aliphatic rings. The van der Waals surface area contributed by atoms with Gasteiger partial charge in [0.25, 0.3) is 11.6 Å². The van der Waals surface area contributed by atoms with Crippen LogP contribution in [0.1, 0.15) is 16.1 Å². The van der Waals surface area contributed by atoms with E-state index >= 15 is 0 Å². The third-order valence-electron chi connectivity index (χ3n) is 3.74. The second-order valence-corrected chi connectivity index (χ2v) is 5.95. The number of nitro groups is 1. The van der Waals surface area contributed by atoms with Crippen LogP contribution in [0.4, 0.5) is 5.69 Å². The highest BCUT2D eigenvalue weighted by Crippen LogP contribution is 2.25. The molecule has 3 rings (SSSR count). The van der Waals surface area contributed by atoms with Crippen molar-refractivity contribution in [3.05, 3.63) is 74.9 Å². The smallest absolute Gasteiger partial charge is 0.282 e. The monoisotopic (exact) mass is 387 g/mol. The minimum atomic E-state index is -0.637. The van der Waals surface area contributed by atoms with Gasteiger partial charge in [0.15, 0.2) is 5.76 Å². The van der Waals surface area contributed by atoms with Gasteiger partial charge < -0.3 is 14.6 Å². The maximum atomic E-state index is 12.3. The van der Waals surface area contributed by atoms with E-state index in [1.165, 1.54) is 18.2 Å². The van der Waals surface area contributed by atoms with Crippen LogP contribution in [-0.4, -0.2) is 23.1 Å². The first-order chi connectivity index (χ1) is 13.0. The van der Waals surface area contributed by atoms with Gasteiger partial charge in [-0.3, -0.25) is 14.9 Å². The largest absolute Gasteiger partial charge is 0.497 e. The van der Waals surface area contributed by atoms with Crippen molar-refractivity contribution in [1.29, 1.82) is 0 Å². The second kappa shape index (κ2) is 7.88. The molecular formula is C18H14ClN3O5. The van der Waals surface area contributed by atoms with Crippen molar-refractivity contribution in [3.63, 3.8) is 0 Å². The molecule has 0 saturated heterocycles. The van der Waals surface area contributed by atoms with Crippen LogP contribution in [0.3, 0.4) is 0 Å². The number of amides is 1. The second-order valence-electron chi connectivity index (χ2n) is 5.52. The molecule has 0 aliphatic carbocycles. The number of benzene rings is 2. The fraction of sp³-hybridized carbons (Fsp3) is 0.111. The molecule has 0 fully saturated rings. The van der Waals surface area contributed by atoms with Crippen molar-refractivity contribution in [2.75, 3.05) is 7.11 Å². The number of carbonyl (C=O) groups is 1. The standard InChI is InChI=1S/C18H14ClN3O5/c1-26-14-4-2-3-11(7-14)17-9-13(21-27-17)10-20-18(23)15-8-12(19)5-6-16(15)22(24)25/h2-9H,10H2,1H3,(H,20,23). The number of halogens is 1. The van der Waals surface area contributed by atoms with Gasteiger partial charge in [0.1, 0.15) is 17.0 Å². The molecule has 0 aliphatic heterocycles. The van der Waals surface area contributed by atoms with Crippen molar-refractivity contribution >= 4 is 23.2 Å². The first kappa shape index (κ1) is 18.4. The summed E-state index contributed by atoms with van der Waals surface area (Å²) in [6, 6.07) is 12.7. The Kier molecular flexibility index (Phi) is 5.37. The van der Waals surface area contributed by atoms with E-state index in [2.05, 4.69) is 10.5 Å². The molecule has 0 spiro atoms. The summed E-state index contributed by atoms with van der Waals surface area (Å²) < 4.78 is 10.4. The molecule has 9 heteroatoms. The Morgan fingerprint density at radius 3 is 2.85 bits per heavy atom. The highest BCUT2D eigenvalue weighted by Gasteiger charge is 2.20. The zero-order chi connectivity index (χ0) is 19.4. The van der Waals surface area contributed by atoms with Gasteiger partial charge >= 0.3 is 0 Å². The molecule has 2 aromatic carbocycles. The number of ether oxygens (including phenoxy) is 1. The lowest BCUT2D eigenvalue weighted by Crippen LogP contribution is -2.23. The molecule has 0 unspecified atom stereocenters. The van der Waals surface area contributed by atoms with E-state index in [9.17, 15) is 14.9 Å². The van der Waals surface area contributed by atoms with Gasteiger partial charge in [-0.1, -0.05) is 28.9 Å². The first-order valence-electron chi connectivity index (χ1n) is 7.80. The van der Waals surface area contributed by atoms with Crippen LogP contribution in [0.2, 0.25) is 5.02 Å². The van der Waals surface area contributed by atoms with Crippen molar-refractivity contribution < 1.29 is 19.0 Å². The van der Waals surface area contributed by atoms with Gasteiger partial charge in [-0.05, 0) is 24.3 Å². The van der Waals surface area contributed by atoms with Crippen LogP contribution in [0, 0.1) is 10.1 Å². The van der Waals surface area contributed by atoms with E-state index in [-0.39, 0.29) is 22.8 Å². The zero-order valence-corrected chi connectivity index (χ0v) is 14.9. The highest BCUT2D eigenvalue weighted by molar-refractivity contribution is 6.31. The molecular weight excluding hydrogens is 374 g/mol. The van der Waals surface area contributed by atoms with Crippen LogP contribution in [0.5, 0.6) is 5.75 Å². The summed E-state index contributed by atoms with van der Waals surface area (Å²) in [4.78, 5) is 22.7. The Hall–Kier alpha value is -3.39. The maximum absolute atomic E-state index is 12.3. The van der Waals surface area contributed by atoms with Crippen LogP contribution in [0.25, 0.3) is 11.3 Å². The lowest BCUT2D eigenvalue weighted by atomic mass is 10.1. The van der Waals surface area contributed by atoms with E-state index in [4.69, 9.17) is 20.9 Å². The number of nitrogens with one attached hydrogen (secondary N) is 1. The minimum absolute atomic E-state index is 0.0377. The fourth-order valence-electron chi connectivity index (χ4n) is 2.42. The summed E-state index contributed by atoms with van der Waals surface area (Å²) in [6.07, 6.45) is 0. The molecule has 1 aromatic heterocycles. The van der Waals surface area contributed by atoms with Gasteiger partial charge in [-0.2, -0.15) is 0 Å². The molecule has 0 saturated carbocycles. The van der Waals surface area contributed by atoms with Gasteiger partial charge in [0, 0.05) is 22.7 Å².